The van der Waals surface area contributed by atoms with Crippen molar-refractivity contribution in [1.82, 2.24) is 15.0 Å². The van der Waals surface area contributed by atoms with E-state index >= 15 is 0 Å². The average molecular weight is 290 g/mol. The minimum absolute atomic E-state index is 0.0213. The van der Waals surface area contributed by atoms with Gasteiger partial charge in [-0.15, -0.1) is 0 Å². The normalized spacial score (nSPS) is 11.3. The van der Waals surface area contributed by atoms with Gasteiger partial charge in [-0.1, -0.05) is 24.3 Å². The number of nitrogens with two attached hydrogens (primary N) is 1. The molecule has 0 saturated carbocycles. The predicted octanol–water partition coefficient (Wildman–Crippen LogP) is 2.14. The number of hydrogen-bond acceptors (Lipinski definition) is 5. The number of phenols is 1. The maximum atomic E-state index is 11.8. The number of aromatic nitrogens is 3. The van der Waals surface area contributed by atoms with Gasteiger partial charge in [-0.05, 0) is 12.1 Å². The fourth-order valence-corrected chi connectivity index (χ4v) is 2.63. The molecule has 2 aromatic heterocycles. The van der Waals surface area contributed by atoms with Gasteiger partial charge in [0, 0.05) is 17.0 Å². The lowest BCUT2D eigenvalue weighted by molar-refractivity contribution is 0.0999. The van der Waals surface area contributed by atoms with Crippen molar-refractivity contribution in [3.05, 3.63) is 48.2 Å². The topological polar surface area (TPSA) is 102 Å². The molecular weight excluding hydrogens is 280 g/mol. The van der Waals surface area contributed by atoms with E-state index in [2.05, 4.69) is 15.0 Å². The quantitative estimate of drug-likeness (QED) is 0.413. The first kappa shape index (κ1) is 12.5. The Morgan fingerprint density at radius 3 is 2.55 bits per heavy atom. The molecule has 0 bridgehead atoms. The van der Waals surface area contributed by atoms with Crippen molar-refractivity contribution in [1.29, 1.82) is 0 Å². The molecule has 0 atom stereocenters. The molecule has 0 fully saturated rings. The number of pyridine rings is 1. The van der Waals surface area contributed by atoms with Gasteiger partial charge in [0.15, 0.2) is 5.65 Å². The van der Waals surface area contributed by atoms with Gasteiger partial charge >= 0.3 is 0 Å². The van der Waals surface area contributed by atoms with E-state index in [9.17, 15) is 9.90 Å². The maximum Gasteiger partial charge on any atom is 0.254 e. The van der Waals surface area contributed by atoms with Crippen LogP contribution in [-0.4, -0.2) is 26.0 Å². The predicted molar refractivity (Wildman–Crippen MR) is 82.5 cm³/mol. The van der Waals surface area contributed by atoms with Gasteiger partial charge in [0.25, 0.3) is 5.91 Å². The minimum atomic E-state index is -0.745. The molecule has 4 aromatic rings. The molecule has 2 heterocycles. The third-order valence-electron chi connectivity index (χ3n) is 3.60. The molecule has 6 nitrogen and oxygen atoms in total. The lowest BCUT2D eigenvalue weighted by atomic mass is 10.0. The van der Waals surface area contributed by atoms with E-state index in [1.165, 1.54) is 0 Å². The number of nitrogens with zero attached hydrogens (tertiary/aromatic N) is 3. The Morgan fingerprint density at radius 2 is 1.77 bits per heavy atom. The monoisotopic (exact) mass is 290 g/mol. The molecular formula is C16H10N4O2. The first-order chi connectivity index (χ1) is 10.7. The summed E-state index contributed by atoms with van der Waals surface area (Å²) in [6.07, 6.45) is 1.63. The van der Waals surface area contributed by atoms with E-state index in [0.29, 0.717) is 27.5 Å². The summed E-state index contributed by atoms with van der Waals surface area (Å²) in [7, 11) is 0. The van der Waals surface area contributed by atoms with Gasteiger partial charge in [0.2, 0.25) is 0 Å². The molecule has 3 N–H and O–H groups in total. The van der Waals surface area contributed by atoms with Crippen molar-refractivity contribution in [2.75, 3.05) is 0 Å². The van der Waals surface area contributed by atoms with Crippen molar-refractivity contribution < 1.29 is 9.90 Å². The second-order valence-electron chi connectivity index (χ2n) is 4.90. The summed E-state index contributed by atoms with van der Waals surface area (Å²) in [5.74, 6) is -0.918. The van der Waals surface area contributed by atoms with E-state index in [4.69, 9.17) is 5.73 Å². The fourth-order valence-electron chi connectivity index (χ4n) is 2.63. The highest BCUT2D eigenvalue weighted by atomic mass is 16.3. The zero-order valence-corrected chi connectivity index (χ0v) is 11.3. The van der Waals surface area contributed by atoms with Crippen LogP contribution in [0, 0.1) is 0 Å². The van der Waals surface area contributed by atoms with Crippen LogP contribution in [0.2, 0.25) is 0 Å². The number of primary amides is 1. The first-order valence-corrected chi connectivity index (χ1v) is 6.63. The zero-order chi connectivity index (χ0) is 15.3. The van der Waals surface area contributed by atoms with Crippen LogP contribution in [0.25, 0.3) is 33.0 Å². The highest BCUT2D eigenvalue weighted by Gasteiger charge is 2.20. The number of fused-ring (bicyclic) bond motifs is 4. The van der Waals surface area contributed by atoms with E-state index < -0.39 is 5.91 Å². The van der Waals surface area contributed by atoms with Gasteiger partial charge < -0.3 is 10.8 Å². The molecule has 106 valence electrons. The summed E-state index contributed by atoms with van der Waals surface area (Å²) in [6.45, 7) is 0. The van der Waals surface area contributed by atoms with Crippen molar-refractivity contribution >= 4 is 38.9 Å². The zero-order valence-electron chi connectivity index (χ0n) is 11.3. The van der Waals surface area contributed by atoms with E-state index in [1.54, 1.807) is 30.5 Å². The summed E-state index contributed by atoms with van der Waals surface area (Å²) < 4.78 is 0. The summed E-state index contributed by atoms with van der Waals surface area (Å²) in [4.78, 5) is 24.9. The Hall–Kier alpha value is -3.28. The van der Waals surface area contributed by atoms with E-state index in [1.807, 2.05) is 12.1 Å². The van der Waals surface area contributed by atoms with Gasteiger partial charge in [-0.2, -0.15) is 0 Å². The molecule has 0 aliphatic heterocycles. The molecule has 2 aromatic carbocycles. The summed E-state index contributed by atoms with van der Waals surface area (Å²) >= 11 is 0. The second-order valence-corrected chi connectivity index (χ2v) is 4.90. The Balaban J connectivity index is 2.35. The maximum absolute atomic E-state index is 11.8. The van der Waals surface area contributed by atoms with E-state index in [-0.39, 0.29) is 16.8 Å². The molecule has 1 amide bonds. The SMILES string of the molecule is NC(=O)c1c(O)c2ccccc2c2nc3ncccc3nc12. The van der Waals surface area contributed by atoms with Crippen LogP contribution in [0.1, 0.15) is 10.4 Å². The Morgan fingerprint density at radius 1 is 1.00 bits per heavy atom. The van der Waals surface area contributed by atoms with Crippen LogP contribution < -0.4 is 5.73 Å². The number of hydrogen-bond donors (Lipinski definition) is 2. The number of carbonyl (C=O) groups excluding carboxylic acids is 1. The lowest BCUT2D eigenvalue weighted by Crippen LogP contribution is -2.13. The second kappa shape index (κ2) is 4.36. The van der Waals surface area contributed by atoms with Crippen molar-refractivity contribution in [3.8, 4) is 5.75 Å². The summed E-state index contributed by atoms with van der Waals surface area (Å²) in [6, 6.07) is 10.6. The summed E-state index contributed by atoms with van der Waals surface area (Å²) in [5, 5.41) is 11.6. The fraction of sp³-hybridized carbons (Fsp3) is 0. The molecule has 0 radical (unpaired) electrons. The molecule has 0 saturated heterocycles. The van der Waals surface area contributed by atoms with Gasteiger partial charge in [-0.25, -0.2) is 15.0 Å². The molecule has 4 rings (SSSR count). The molecule has 0 spiro atoms. The number of rotatable bonds is 1. The smallest absolute Gasteiger partial charge is 0.254 e. The van der Waals surface area contributed by atoms with Gasteiger partial charge in [0.05, 0.1) is 0 Å². The van der Waals surface area contributed by atoms with Crippen LogP contribution in [0.5, 0.6) is 5.75 Å². The third kappa shape index (κ3) is 1.61. The summed E-state index contributed by atoms with van der Waals surface area (Å²) in [5.41, 5.74) is 7.20. The van der Waals surface area contributed by atoms with Crippen LogP contribution in [0.4, 0.5) is 0 Å². The van der Waals surface area contributed by atoms with Crippen LogP contribution in [-0.2, 0) is 0 Å². The number of benzene rings is 2. The van der Waals surface area contributed by atoms with E-state index in [0.717, 1.165) is 0 Å². The highest BCUT2D eigenvalue weighted by molar-refractivity contribution is 6.18. The molecule has 0 unspecified atom stereocenters. The number of carbonyl (C=O) groups is 1. The standard InChI is InChI=1S/C16H10N4O2/c17-15(22)11-13-12(8-4-1-2-5-9(8)14(11)21)20-16-10(19-13)6-3-7-18-16/h1-7,21H,(H2,17,22). The largest absolute Gasteiger partial charge is 0.506 e. The average Bonchev–Trinajstić information content (AvgIpc) is 2.53. The van der Waals surface area contributed by atoms with Crippen LogP contribution >= 0.6 is 0 Å². The molecule has 0 aliphatic carbocycles. The first-order valence-electron chi connectivity index (χ1n) is 6.63. The van der Waals surface area contributed by atoms with Crippen LogP contribution in [0.15, 0.2) is 42.6 Å². The van der Waals surface area contributed by atoms with Gasteiger partial charge in [0.1, 0.15) is 27.9 Å². The lowest BCUT2D eigenvalue weighted by Gasteiger charge is -2.10. The van der Waals surface area contributed by atoms with Crippen molar-refractivity contribution in [2.45, 2.75) is 0 Å². The Labute approximate surface area is 124 Å². The molecule has 6 heteroatoms. The van der Waals surface area contributed by atoms with Crippen molar-refractivity contribution in [3.63, 3.8) is 0 Å². The van der Waals surface area contributed by atoms with Crippen molar-refractivity contribution in [2.24, 2.45) is 5.73 Å². The molecule has 0 aliphatic rings. The Kier molecular flexibility index (Phi) is 2.47. The molecule has 22 heavy (non-hydrogen) atoms. The third-order valence-corrected chi connectivity index (χ3v) is 3.60. The van der Waals surface area contributed by atoms with Crippen LogP contribution in [0.3, 0.4) is 0 Å². The van der Waals surface area contributed by atoms with Gasteiger partial charge in [-0.3, -0.25) is 4.79 Å². The number of amides is 1. The number of aromatic hydroxyl groups is 1. The minimum Gasteiger partial charge on any atom is -0.506 e. The Bertz CT molecular complexity index is 1080. The highest BCUT2D eigenvalue weighted by Crippen LogP contribution is 2.35.